The van der Waals surface area contributed by atoms with Crippen LogP contribution in [0.5, 0.6) is 23.0 Å². The van der Waals surface area contributed by atoms with E-state index in [2.05, 4.69) is 10.3 Å². The van der Waals surface area contributed by atoms with Gasteiger partial charge in [0.2, 0.25) is 5.95 Å². The Hall–Kier alpha value is -3.62. The zero-order valence-electron chi connectivity index (χ0n) is 16.1. The van der Waals surface area contributed by atoms with Gasteiger partial charge in [0.15, 0.2) is 35.1 Å². The van der Waals surface area contributed by atoms with Gasteiger partial charge in [-0.15, -0.1) is 0 Å². The van der Waals surface area contributed by atoms with E-state index < -0.39 is 6.17 Å². The summed E-state index contributed by atoms with van der Waals surface area (Å²) in [5.41, 5.74) is 8.58. The fourth-order valence-corrected chi connectivity index (χ4v) is 3.66. The molecule has 0 radical (unpaired) electrons. The number of hydrogen-bond acceptors (Lipinski definition) is 8. The molecule has 0 bridgehead atoms. The quantitative estimate of drug-likeness (QED) is 0.702. The summed E-state index contributed by atoms with van der Waals surface area (Å²) in [4.78, 5) is 9.31. The minimum Gasteiger partial charge on any atom is -0.493 e. The lowest BCUT2D eigenvalue weighted by Gasteiger charge is -2.24. The number of imidazole rings is 1. The van der Waals surface area contributed by atoms with Crippen molar-refractivity contribution in [2.45, 2.75) is 12.6 Å². The van der Waals surface area contributed by atoms with Crippen molar-refractivity contribution in [2.24, 2.45) is 10.7 Å². The minimum atomic E-state index is -0.416. The van der Waals surface area contributed by atoms with Crippen molar-refractivity contribution in [3.05, 3.63) is 35.9 Å². The summed E-state index contributed by atoms with van der Waals surface area (Å²) in [7, 11) is 3.21. The van der Waals surface area contributed by atoms with Crippen LogP contribution < -0.4 is 30.0 Å². The van der Waals surface area contributed by atoms with Gasteiger partial charge in [0.05, 0.1) is 38.5 Å². The molecule has 9 heteroatoms. The molecule has 0 aliphatic carbocycles. The van der Waals surface area contributed by atoms with Gasteiger partial charge in [0, 0.05) is 24.1 Å². The number of aliphatic imine (C=N–C) groups is 1. The number of nitrogens with zero attached hydrogens (tertiary/aromatic N) is 3. The zero-order valence-corrected chi connectivity index (χ0v) is 16.1. The van der Waals surface area contributed by atoms with Gasteiger partial charge in [0.25, 0.3) is 0 Å². The number of nitrogens with two attached hydrogens (primary N) is 1. The second-order valence-corrected chi connectivity index (χ2v) is 6.77. The molecule has 150 valence electrons. The number of rotatable bonds is 3. The number of fused-ring (bicyclic) bond motifs is 4. The number of methoxy groups -OCH3 is 2. The number of aromatic nitrogens is 2. The highest BCUT2D eigenvalue weighted by molar-refractivity contribution is 5.95. The first-order valence-electron chi connectivity index (χ1n) is 9.31. The molecular weight excluding hydrogens is 374 g/mol. The molecule has 0 saturated carbocycles. The van der Waals surface area contributed by atoms with Crippen LogP contribution in [-0.4, -0.2) is 42.9 Å². The SMILES string of the molecule is COc1ccc([C@@H]2N=C(N)Nc3nc4cc5c(cc4n32)OCCCO5)cc1OC. The molecule has 0 saturated heterocycles. The van der Waals surface area contributed by atoms with E-state index in [1.807, 2.05) is 34.9 Å². The summed E-state index contributed by atoms with van der Waals surface area (Å²) in [6.45, 7) is 1.23. The van der Waals surface area contributed by atoms with Crippen molar-refractivity contribution in [3.63, 3.8) is 0 Å². The lowest BCUT2D eigenvalue weighted by Crippen LogP contribution is -2.31. The molecule has 3 heterocycles. The smallest absolute Gasteiger partial charge is 0.212 e. The summed E-state index contributed by atoms with van der Waals surface area (Å²) < 4.78 is 24.5. The van der Waals surface area contributed by atoms with Gasteiger partial charge in [-0.25, -0.2) is 9.98 Å². The van der Waals surface area contributed by atoms with E-state index in [1.165, 1.54) is 0 Å². The molecule has 2 aliphatic rings. The highest BCUT2D eigenvalue weighted by Crippen LogP contribution is 2.40. The third-order valence-electron chi connectivity index (χ3n) is 5.01. The molecule has 2 aromatic carbocycles. The standard InChI is InChI=1S/C20H21N5O4/c1-26-14-5-4-11(8-15(14)27-2)18-23-19(21)24-20-22-12-9-16-17(10-13(12)25(18)20)29-7-3-6-28-16/h4-5,8-10,18H,3,6-7H2,1-2H3,(H3,21,22,23,24)/t18-/m1/s1. The van der Waals surface area contributed by atoms with Gasteiger partial charge in [-0.1, -0.05) is 6.07 Å². The van der Waals surface area contributed by atoms with Gasteiger partial charge >= 0.3 is 0 Å². The third-order valence-corrected chi connectivity index (χ3v) is 5.01. The molecule has 29 heavy (non-hydrogen) atoms. The van der Waals surface area contributed by atoms with Crippen LogP contribution >= 0.6 is 0 Å². The lowest BCUT2D eigenvalue weighted by atomic mass is 10.1. The topological polar surface area (TPSA) is 105 Å². The maximum atomic E-state index is 6.05. The molecular formula is C20H21N5O4. The number of anilines is 1. The van der Waals surface area contributed by atoms with Crippen molar-refractivity contribution in [3.8, 4) is 23.0 Å². The van der Waals surface area contributed by atoms with Crippen LogP contribution in [0.4, 0.5) is 5.95 Å². The van der Waals surface area contributed by atoms with Gasteiger partial charge in [-0.3, -0.25) is 9.88 Å². The second kappa shape index (κ2) is 6.77. The summed E-state index contributed by atoms with van der Waals surface area (Å²) in [5, 5.41) is 3.05. The van der Waals surface area contributed by atoms with Crippen LogP contribution in [0, 0.1) is 0 Å². The van der Waals surface area contributed by atoms with E-state index in [0.29, 0.717) is 48.1 Å². The Kier molecular flexibility index (Phi) is 4.08. The maximum absolute atomic E-state index is 6.05. The molecule has 0 fully saturated rings. The van der Waals surface area contributed by atoms with Gasteiger partial charge in [-0.2, -0.15) is 0 Å². The van der Waals surface area contributed by atoms with Crippen LogP contribution in [0.25, 0.3) is 11.0 Å². The normalized spacial score (nSPS) is 17.7. The third kappa shape index (κ3) is 2.86. The Morgan fingerprint density at radius 2 is 1.83 bits per heavy atom. The minimum absolute atomic E-state index is 0.293. The fourth-order valence-electron chi connectivity index (χ4n) is 3.66. The van der Waals surface area contributed by atoms with Crippen molar-refractivity contribution in [1.29, 1.82) is 0 Å². The first-order chi connectivity index (χ1) is 14.2. The van der Waals surface area contributed by atoms with Crippen LogP contribution in [-0.2, 0) is 0 Å². The number of ether oxygens (including phenoxy) is 4. The molecule has 1 atom stereocenters. The number of nitrogens with one attached hydrogen (secondary N) is 1. The highest BCUT2D eigenvalue weighted by Gasteiger charge is 2.27. The fraction of sp³-hybridized carbons (Fsp3) is 0.300. The predicted octanol–water partition coefficient (Wildman–Crippen LogP) is 2.50. The van der Waals surface area contributed by atoms with Crippen molar-refractivity contribution in [1.82, 2.24) is 9.55 Å². The highest BCUT2D eigenvalue weighted by atomic mass is 16.5. The molecule has 2 aliphatic heterocycles. The van der Waals surface area contributed by atoms with Crippen LogP contribution in [0.3, 0.4) is 0 Å². The molecule has 1 aromatic heterocycles. The Balaban J connectivity index is 1.68. The molecule has 0 spiro atoms. The molecule has 0 amide bonds. The first-order valence-corrected chi connectivity index (χ1v) is 9.31. The first kappa shape index (κ1) is 17.5. The van der Waals surface area contributed by atoms with Crippen molar-refractivity contribution < 1.29 is 18.9 Å². The number of benzene rings is 2. The molecule has 9 nitrogen and oxygen atoms in total. The zero-order chi connectivity index (χ0) is 20.0. The largest absolute Gasteiger partial charge is 0.493 e. The van der Waals surface area contributed by atoms with Gasteiger partial charge < -0.3 is 24.7 Å². The average Bonchev–Trinajstić information content (AvgIpc) is 2.92. The van der Waals surface area contributed by atoms with Crippen LogP contribution in [0.2, 0.25) is 0 Å². The number of guanidine groups is 1. The molecule has 3 N–H and O–H groups in total. The van der Waals surface area contributed by atoms with Crippen molar-refractivity contribution >= 4 is 22.9 Å². The predicted molar refractivity (Wildman–Crippen MR) is 108 cm³/mol. The molecule has 3 aromatic rings. The van der Waals surface area contributed by atoms with Crippen LogP contribution in [0.1, 0.15) is 18.2 Å². The Morgan fingerprint density at radius 1 is 1.07 bits per heavy atom. The van der Waals surface area contributed by atoms with Crippen molar-refractivity contribution in [2.75, 3.05) is 32.8 Å². The summed E-state index contributed by atoms with van der Waals surface area (Å²) in [6.07, 6.45) is 0.426. The van der Waals surface area contributed by atoms with E-state index in [-0.39, 0.29) is 0 Å². The lowest BCUT2D eigenvalue weighted by molar-refractivity contribution is 0.297. The maximum Gasteiger partial charge on any atom is 0.212 e. The van der Waals surface area contributed by atoms with Crippen LogP contribution in [0.15, 0.2) is 35.3 Å². The Morgan fingerprint density at radius 3 is 2.59 bits per heavy atom. The Bertz CT molecular complexity index is 1120. The number of hydrogen-bond donors (Lipinski definition) is 2. The van der Waals surface area contributed by atoms with E-state index in [4.69, 9.17) is 29.7 Å². The summed E-state index contributed by atoms with van der Waals surface area (Å²) >= 11 is 0. The Labute approximate surface area is 167 Å². The van der Waals surface area contributed by atoms with E-state index >= 15 is 0 Å². The average molecular weight is 395 g/mol. The summed E-state index contributed by atoms with van der Waals surface area (Å²) in [6, 6.07) is 9.52. The molecule has 5 rings (SSSR count). The van der Waals surface area contributed by atoms with E-state index in [0.717, 1.165) is 23.0 Å². The van der Waals surface area contributed by atoms with E-state index in [1.54, 1.807) is 14.2 Å². The summed E-state index contributed by atoms with van der Waals surface area (Å²) in [5.74, 6) is 3.56. The monoisotopic (exact) mass is 395 g/mol. The van der Waals surface area contributed by atoms with Gasteiger partial charge in [0.1, 0.15) is 0 Å². The molecule has 0 unspecified atom stereocenters. The van der Waals surface area contributed by atoms with Gasteiger partial charge in [-0.05, 0) is 12.1 Å². The van der Waals surface area contributed by atoms with E-state index in [9.17, 15) is 0 Å². The second-order valence-electron chi connectivity index (χ2n) is 6.77.